The standard InChI is InChI=1S/C35H40O14/c1-21(2)6-11-24-26(45-16-4-17-46-29(41)14-12-27(37)38)20-25(36)31-32(43)35(48-19-5-18-47-30(42)15-13-28(39)40)33(49-34(24)31)22-7-9-23(44-3)10-8-22/h6-10,20,36H,4-5,11-19H2,1-3H3,(H,37,38)(H,39,40). The van der Waals surface area contributed by atoms with Gasteiger partial charge in [-0.25, -0.2) is 0 Å². The Morgan fingerprint density at radius 2 is 1.39 bits per heavy atom. The van der Waals surface area contributed by atoms with Crippen LogP contribution in [0.3, 0.4) is 0 Å². The fraction of sp³-hybridized carbons (Fsp3) is 0.400. The molecule has 0 unspecified atom stereocenters. The molecule has 0 spiro atoms. The zero-order valence-electron chi connectivity index (χ0n) is 27.6. The first-order valence-electron chi connectivity index (χ1n) is 15.5. The summed E-state index contributed by atoms with van der Waals surface area (Å²) in [4.78, 5) is 58.8. The Morgan fingerprint density at radius 3 is 1.92 bits per heavy atom. The number of phenols is 1. The number of hydrogen-bond acceptors (Lipinski definition) is 12. The summed E-state index contributed by atoms with van der Waals surface area (Å²) in [6, 6.07) is 8.01. The minimum absolute atomic E-state index is 0.0136. The van der Waals surface area contributed by atoms with Gasteiger partial charge >= 0.3 is 23.9 Å². The van der Waals surface area contributed by atoms with Gasteiger partial charge in [0.15, 0.2) is 5.76 Å². The number of aromatic hydroxyl groups is 1. The van der Waals surface area contributed by atoms with Gasteiger partial charge in [0.1, 0.15) is 28.2 Å². The normalized spacial score (nSPS) is 10.7. The number of benzene rings is 2. The summed E-state index contributed by atoms with van der Waals surface area (Å²) in [6.45, 7) is 3.71. The number of methoxy groups -OCH3 is 1. The molecule has 2 aromatic carbocycles. The van der Waals surface area contributed by atoms with E-state index in [0.29, 0.717) is 16.9 Å². The Kier molecular flexibility index (Phi) is 14.5. The predicted molar refractivity (Wildman–Crippen MR) is 175 cm³/mol. The second kappa shape index (κ2) is 18.7. The average Bonchev–Trinajstić information content (AvgIpc) is 3.06. The molecule has 3 aromatic rings. The van der Waals surface area contributed by atoms with Crippen LogP contribution in [-0.2, 0) is 35.1 Å². The van der Waals surface area contributed by atoms with Gasteiger partial charge in [0.2, 0.25) is 11.2 Å². The van der Waals surface area contributed by atoms with Gasteiger partial charge in [-0.15, -0.1) is 0 Å². The van der Waals surface area contributed by atoms with Crippen LogP contribution in [0.15, 0.2) is 51.2 Å². The molecule has 14 nitrogen and oxygen atoms in total. The lowest BCUT2D eigenvalue weighted by atomic mass is 10.0. The lowest BCUT2D eigenvalue weighted by Crippen LogP contribution is -2.15. The minimum Gasteiger partial charge on any atom is -0.507 e. The number of rotatable bonds is 20. The van der Waals surface area contributed by atoms with E-state index in [-0.39, 0.29) is 99.6 Å². The van der Waals surface area contributed by atoms with E-state index in [4.69, 9.17) is 38.3 Å². The summed E-state index contributed by atoms with van der Waals surface area (Å²) in [5.74, 6) is -3.26. The largest absolute Gasteiger partial charge is 0.507 e. The molecule has 1 heterocycles. The van der Waals surface area contributed by atoms with Crippen LogP contribution >= 0.6 is 0 Å². The number of allylic oxidation sites excluding steroid dienone is 2. The van der Waals surface area contributed by atoms with E-state index < -0.39 is 35.1 Å². The number of fused-ring (bicyclic) bond motifs is 1. The lowest BCUT2D eigenvalue weighted by molar-refractivity contribution is -0.148. The number of carbonyl (C=O) groups is 4. The summed E-state index contributed by atoms with van der Waals surface area (Å²) in [5, 5.41) is 28.4. The zero-order valence-corrected chi connectivity index (χ0v) is 27.6. The van der Waals surface area contributed by atoms with Gasteiger partial charge in [-0.05, 0) is 44.5 Å². The molecule has 0 radical (unpaired) electrons. The monoisotopic (exact) mass is 684 g/mol. The van der Waals surface area contributed by atoms with E-state index in [9.17, 15) is 29.1 Å². The van der Waals surface area contributed by atoms with Crippen molar-refractivity contribution in [3.63, 3.8) is 0 Å². The Labute approximate surface area is 281 Å². The third kappa shape index (κ3) is 11.6. The van der Waals surface area contributed by atoms with E-state index >= 15 is 0 Å². The third-order valence-electron chi connectivity index (χ3n) is 6.93. The summed E-state index contributed by atoms with van der Waals surface area (Å²) >= 11 is 0. The fourth-order valence-corrected chi connectivity index (χ4v) is 4.46. The third-order valence-corrected chi connectivity index (χ3v) is 6.93. The Balaban J connectivity index is 1.95. The van der Waals surface area contributed by atoms with Crippen LogP contribution in [0.25, 0.3) is 22.3 Å². The van der Waals surface area contributed by atoms with Crippen LogP contribution in [0, 0.1) is 0 Å². The average molecular weight is 685 g/mol. The van der Waals surface area contributed by atoms with Gasteiger partial charge in [-0.3, -0.25) is 24.0 Å². The molecule has 3 rings (SSSR count). The lowest BCUT2D eigenvalue weighted by Gasteiger charge is -2.17. The molecule has 1 aromatic heterocycles. The molecular weight excluding hydrogens is 644 g/mol. The van der Waals surface area contributed by atoms with Crippen molar-refractivity contribution in [3.05, 3.63) is 57.8 Å². The number of phenolic OH excluding ortho intramolecular Hbond substituents is 1. The fourth-order valence-electron chi connectivity index (χ4n) is 4.46. The molecule has 0 bridgehead atoms. The maximum absolute atomic E-state index is 14.0. The summed E-state index contributed by atoms with van der Waals surface area (Å²) in [5.41, 5.74) is 1.34. The van der Waals surface area contributed by atoms with E-state index in [2.05, 4.69) is 0 Å². The summed E-state index contributed by atoms with van der Waals surface area (Å²) < 4.78 is 33.6. The van der Waals surface area contributed by atoms with Crippen molar-refractivity contribution in [2.75, 3.05) is 33.5 Å². The molecule has 264 valence electrons. The molecule has 3 N–H and O–H groups in total. The van der Waals surface area contributed by atoms with Crippen molar-refractivity contribution in [3.8, 4) is 34.3 Å². The first kappa shape index (κ1) is 37.9. The van der Waals surface area contributed by atoms with Gasteiger partial charge in [-0.1, -0.05) is 11.6 Å². The summed E-state index contributed by atoms with van der Waals surface area (Å²) in [6.07, 6.45) is 1.42. The van der Waals surface area contributed by atoms with Gasteiger partial charge < -0.3 is 43.4 Å². The van der Waals surface area contributed by atoms with Crippen molar-refractivity contribution in [2.45, 2.75) is 58.8 Å². The highest BCUT2D eigenvalue weighted by atomic mass is 16.5. The number of ether oxygens (including phenoxy) is 5. The molecule has 0 aliphatic rings. The van der Waals surface area contributed by atoms with Crippen LogP contribution in [-0.4, -0.2) is 72.7 Å². The van der Waals surface area contributed by atoms with Crippen LogP contribution < -0.4 is 19.6 Å². The van der Waals surface area contributed by atoms with E-state index in [0.717, 1.165) is 5.57 Å². The molecule has 0 atom stereocenters. The topological polar surface area (TPSA) is 205 Å². The van der Waals surface area contributed by atoms with Gasteiger partial charge in [0, 0.05) is 30.0 Å². The maximum Gasteiger partial charge on any atom is 0.306 e. The molecule has 0 aliphatic carbocycles. The highest BCUT2D eigenvalue weighted by Gasteiger charge is 2.24. The molecule has 0 aliphatic heterocycles. The van der Waals surface area contributed by atoms with Crippen molar-refractivity contribution < 1.29 is 62.6 Å². The van der Waals surface area contributed by atoms with Crippen molar-refractivity contribution in [1.29, 1.82) is 0 Å². The minimum atomic E-state index is -1.12. The highest BCUT2D eigenvalue weighted by molar-refractivity contribution is 5.91. The van der Waals surface area contributed by atoms with Crippen LogP contribution in [0.4, 0.5) is 0 Å². The molecule has 0 saturated carbocycles. The van der Waals surface area contributed by atoms with Crippen LogP contribution in [0.5, 0.6) is 23.0 Å². The van der Waals surface area contributed by atoms with Crippen molar-refractivity contribution >= 4 is 34.8 Å². The van der Waals surface area contributed by atoms with Crippen molar-refractivity contribution in [2.24, 2.45) is 0 Å². The smallest absolute Gasteiger partial charge is 0.306 e. The summed E-state index contributed by atoms with van der Waals surface area (Å²) in [7, 11) is 1.51. The number of carboxylic acids is 2. The zero-order chi connectivity index (χ0) is 35.9. The maximum atomic E-state index is 14.0. The number of aliphatic carboxylic acids is 2. The highest BCUT2D eigenvalue weighted by Crippen LogP contribution is 2.40. The molecule has 49 heavy (non-hydrogen) atoms. The van der Waals surface area contributed by atoms with E-state index in [1.807, 2.05) is 19.9 Å². The number of hydrogen-bond donors (Lipinski definition) is 3. The SMILES string of the molecule is COc1ccc(-c2oc3c(CC=C(C)C)c(OCCCOC(=O)CCC(=O)O)cc(O)c3c(=O)c2OCCCOC(=O)CCC(=O)O)cc1. The van der Waals surface area contributed by atoms with E-state index in [1.165, 1.54) is 13.2 Å². The predicted octanol–water partition coefficient (Wildman–Crippen LogP) is 5.04. The van der Waals surface area contributed by atoms with E-state index in [1.54, 1.807) is 24.3 Å². The second-order valence-electron chi connectivity index (χ2n) is 11.0. The number of esters is 2. The molecule has 0 amide bonds. The Morgan fingerprint density at radius 1 is 0.816 bits per heavy atom. The first-order valence-corrected chi connectivity index (χ1v) is 15.5. The second-order valence-corrected chi connectivity index (χ2v) is 11.0. The van der Waals surface area contributed by atoms with Gasteiger partial charge in [0.05, 0.1) is 59.2 Å². The van der Waals surface area contributed by atoms with Gasteiger partial charge in [0.25, 0.3) is 0 Å². The Hall–Kier alpha value is -5.53. The molecule has 0 fully saturated rings. The number of carboxylic acid groups (broad SMARTS) is 2. The number of carbonyl (C=O) groups excluding carboxylic acids is 2. The van der Waals surface area contributed by atoms with Crippen LogP contribution in [0.2, 0.25) is 0 Å². The molecule has 0 saturated heterocycles. The molecular formula is C35H40O14. The Bertz CT molecular complexity index is 1720. The first-order chi connectivity index (χ1) is 23.4. The van der Waals surface area contributed by atoms with Crippen molar-refractivity contribution in [1.82, 2.24) is 0 Å². The van der Waals surface area contributed by atoms with Crippen LogP contribution in [0.1, 0.15) is 57.9 Å². The molecule has 14 heteroatoms. The quantitative estimate of drug-likeness (QED) is 0.0811. The van der Waals surface area contributed by atoms with Gasteiger partial charge in [-0.2, -0.15) is 0 Å².